The fourth-order valence-electron chi connectivity index (χ4n) is 3.04. The van der Waals surface area contributed by atoms with E-state index < -0.39 is 11.9 Å². The van der Waals surface area contributed by atoms with Gasteiger partial charge >= 0.3 is 5.97 Å². The zero-order valence-corrected chi connectivity index (χ0v) is 20.9. The topological polar surface area (TPSA) is 109 Å². The number of rotatable bonds is 9. The lowest BCUT2D eigenvalue weighted by Crippen LogP contribution is -2.23. The number of carboxylic acid groups (broad SMARTS) is 1. The van der Waals surface area contributed by atoms with E-state index in [-0.39, 0.29) is 29.3 Å². The second-order valence-electron chi connectivity index (χ2n) is 7.30. The molecule has 0 saturated carbocycles. The lowest BCUT2D eigenvalue weighted by atomic mass is 10.1. The number of ether oxygens (including phenoxy) is 2. The molecule has 0 unspecified atom stereocenters. The molecule has 0 saturated heterocycles. The molecule has 2 N–H and O–H groups in total. The molecule has 0 aliphatic rings. The Morgan fingerprint density at radius 1 is 1.11 bits per heavy atom. The molecular formula is C26H20BrClN2O5. The number of benzene rings is 3. The van der Waals surface area contributed by atoms with E-state index in [1.165, 1.54) is 18.2 Å². The third-order valence-corrected chi connectivity index (χ3v) is 5.76. The number of halogens is 2. The highest BCUT2D eigenvalue weighted by atomic mass is 79.9. The number of carboxylic acids is 1. The van der Waals surface area contributed by atoms with Gasteiger partial charge in [-0.1, -0.05) is 35.9 Å². The fourth-order valence-corrected chi connectivity index (χ4v) is 4.02. The highest BCUT2D eigenvalue weighted by Gasteiger charge is 2.13. The Balaban J connectivity index is 1.67. The van der Waals surface area contributed by atoms with Gasteiger partial charge in [0.15, 0.2) is 5.75 Å². The lowest BCUT2D eigenvalue weighted by Gasteiger charge is -2.12. The maximum absolute atomic E-state index is 12.5. The summed E-state index contributed by atoms with van der Waals surface area (Å²) in [6.45, 7) is 0.428. The maximum atomic E-state index is 12.5. The van der Waals surface area contributed by atoms with Crippen LogP contribution in [0.3, 0.4) is 0 Å². The summed E-state index contributed by atoms with van der Waals surface area (Å²) in [6.07, 6.45) is 1.44. The van der Waals surface area contributed by atoms with Crippen LogP contribution in [0.5, 0.6) is 11.5 Å². The van der Waals surface area contributed by atoms with Gasteiger partial charge in [-0.25, -0.2) is 4.79 Å². The molecule has 0 bridgehead atoms. The summed E-state index contributed by atoms with van der Waals surface area (Å²) in [6, 6.07) is 18.7. The molecule has 35 heavy (non-hydrogen) atoms. The van der Waals surface area contributed by atoms with E-state index in [9.17, 15) is 14.9 Å². The molecule has 9 heteroatoms. The largest absolute Gasteiger partial charge is 0.497 e. The van der Waals surface area contributed by atoms with Crippen molar-refractivity contribution in [2.24, 2.45) is 0 Å². The van der Waals surface area contributed by atoms with Gasteiger partial charge in [-0.05, 0) is 75.1 Å². The van der Waals surface area contributed by atoms with Gasteiger partial charge in [0.25, 0.3) is 5.91 Å². The zero-order valence-electron chi connectivity index (χ0n) is 18.5. The number of carbonyl (C=O) groups excluding carboxylic acids is 1. The standard InChI is InChI=1S/C26H20BrClN2O5/c1-34-21-8-4-16(5-9-21)14-30-25(31)20(13-29)10-18-11-22(27)24(23(28)12-18)35-15-17-2-6-19(7-3-17)26(32)33/h2-12H,14-15H2,1H3,(H,30,31)(H,32,33)/b20-10-. The van der Waals surface area contributed by atoms with Crippen LogP contribution in [0.2, 0.25) is 5.02 Å². The average molecular weight is 556 g/mol. The van der Waals surface area contributed by atoms with Crippen LogP contribution >= 0.6 is 27.5 Å². The molecule has 0 atom stereocenters. The molecule has 0 aliphatic carbocycles. The van der Waals surface area contributed by atoms with E-state index >= 15 is 0 Å². The first kappa shape index (κ1) is 25.8. The summed E-state index contributed by atoms with van der Waals surface area (Å²) in [5.41, 5.74) is 2.28. The molecule has 1 amide bonds. The van der Waals surface area contributed by atoms with Crippen LogP contribution < -0.4 is 14.8 Å². The first-order valence-electron chi connectivity index (χ1n) is 10.3. The van der Waals surface area contributed by atoms with Crippen LogP contribution in [0.4, 0.5) is 0 Å². The first-order chi connectivity index (χ1) is 16.8. The molecular weight excluding hydrogens is 536 g/mol. The summed E-state index contributed by atoms with van der Waals surface area (Å²) in [7, 11) is 1.58. The third-order valence-electron chi connectivity index (χ3n) is 4.89. The smallest absolute Gasteiger partial charge is 0.335 e. The Morgan fingerprint density at radius 3 is 2.34 bits per heavy atom. The van der Waals surface area contributed by atoms with Crippen molar-refractivity contribution >= 4 is 45.5 Å². The Kier molecular flexibility index (Phi) is 8.90. The van der Waals surface area contributed by atoms with Crippen LogP contribution in [-0.2, 0) is 17.9 Å². The molecule has 0 fully saturated rings. The number of nitriles is 1. The van der Waals surface area contributed by atoms with E-state index in [1.54, 1.807) is 43.5 Å². The molecule has 0 heterocycles. The van der Waals surface area contributed by atoms with Crippen LogP contribution in [0.1, 0.15) is 27.0 Å². The summed E-state index contributed by atoms with van der Waals surface area (Å²) < 4.78 is 11.4. The predicted octanol–water partition coefficient (Wildman–Crippen LogP) is 5.61. The molecule has 3 rings (SSSR count). The average Bonchev–Trinajstić information content (AvgIpc) is 2.85. The highest BCUT2D eigenvalue weighted by molar-refractivity contribution is 9.10. The number of nitrogens with zero attached hydrogens (tertiary/aromatic N) is 1. The normalized spacial score (nSPS) is 10.9. The number of hydrogen-bond donors (Lipinski definition) is 2. The predicted molar refractivity (Wildman–Crippen MR) is 135 cm³/mol. The van der Waals surface area contributed by atoms with Gasteiger partial charge in [-0.2, -0.15) is 5.26 Å². The summed E-state index contributed by atoms with van der Waals surface area (Å²) in [5, 5.41) is 21.5. The van der Waals surface area contributed by atoms with Crippen molar-refractivity contribution in [1.82, 2.24) is 5.32 Å². The molecule has 0 radical (unpaired) electrons. The number of carbonyl (C=O) groups is 2. The quantitative estimate of drug-likeness (QED) is 0.262. The van der Waals surface area contributed by atoms with Gasteiger partial charge in [0.1, 0.15) is 24.0 Å². The molecule has 3 aromatic rings. The number of methoxy groups -OCH3 is 1. The zero-order chi connectivity index (χ0) is 25.4. The van der Waals surface area contributed by atoms with E-state index in [1.807, 2.05) is 18.2 Å². The van der Waals surface area contributed by atoms with E-state index in [2.05, 4.69) is 21.2 Å². The molecule has 178 valence electrons. The van der Waals surface area contributed by atoms with E-state index in [0.29, 0.717) is 21.5 Å². The molecule has 0 aromatic heterocycles. The van der Waals surface area contributed by atoms with Gasteiger partial charge in [0, 0.05) is 6.54 Å². The van der Waals surface area contributed by atoms with E-state index in [4.69, 9.17) is 26.2 Å². The van der Waals surface area contributed by atoms with Crippen molar-refractivity contribution in [2.75, 3.05) is 7.11 Å². The second-order valence-corrected chi connectivity index (χ2v) is 8.57. The Bertz CT molecular complexity index is 1280. The highest BCUT2D eigenvalue weighted by Crippen LogP contribution is 2.35. The molecule has 0 spiro atoms. The molecule has 3 aromatic carbocycles. The second kappa shape index (κ2) is 12.1. The van der Waals surface area contributed by atoms with Crippen molar-refractivity contribution in [2.45, 2.75) is 13.2 Å². The van der Waals surface area contributed by atoms with Gasteiger partial charge in [-0.15, -0.1) is 0 Å². The maximum Gasteiger partial charge on any atom is 0.335 e. The van der Waals surface area contributed by atoms with Crippen LogP contribution in [-0.4, -0.2) is 24.1 Å². The Morgan fingerprint density at radius 2 is 1.77 bits per heavy atom. The minimum Gasteiger partial charge on any atom is -0.497 e. The SMILES string of the molecule is COc1ccc(CNC(=O)/C(C#N)=C\c2cc(Cl)c(OCc3ccc(C(=O)O)cc3)c(Br)c2)cc1. The van der Waals surface area contributed by atoms with Crippen molar-refractivity contribution < 1.29 is 24.2 Å². The number of hydrogen-bond acceptors (Lipinski definition) is 5. The fraction of sp³-hybridized carbons (Fsp3) is 0.115. The number of aromatic carboxylic acids is 1. The minimum absolute atomic E-state index is 0.0753. The molecule has 0 aliphatic heterocycles. The summed E-state index contributed by atoms with van der Waals surface area (Å²) in [5.74, 6) is -0.420. The van der Waals surface area contributed by atoms with Crippen molar-refractivity contribution in [3.8, 4) is 17.6 Å². The van der Waals surface area contributed by atoms with Gasteiger partial charge in [0.05, 0.1) is 22.2 Å². The van der Waals surface area contributed by atoms with Crippen LogP contribution in [0.15, 0.2) is 70.7 Å². The number of nitrogens with one attached hydrogen (secondary N) is 1. The minimum atomic E-state index is -1.00. The van der Waals surface area contributed by atoms with Crippen LogP contribution in [0, 0.1) is 11.3 Å². The lowest BCUT2D eigenvalue weighted by molar-refractivity contribution is -0.117. The summed E-state index contributed by atoms with van der Waals surface area (Å²) >= 11 is 9.80. The summed E-state index contributed by atoms with van der Waals surface area (Å²) in [4.78, 5) is 23.5. The Hall–Kier alpha value is -3.80. The van der Waals surface area contributed by atoms with Crippen LogP contribution in [0.25, 0.3) is 6.08 Å². The third kappa shape index (κ3) is 7.09. The molecule has 7 nitrogen and oxygen atoms in total. The Labute approximate surface area is 215 Å². The number of amides is 1. The van der Waals surface area contributed by atoms with E-state index in [0.717, 1.165) is 11.1 Å². The van der Waals surface area contributed by atoms with Crippen molar-refractivity contribution in [3.63, 3.8) is 0 Å². The van der Waals surface area contributed by atoms with Crippen molar-refractivity contribution in [3.05, 3.63) is 98.0 Å². The van der Waals surface area contributed by atoms with Crippen molar-refractivity contribution in [1.29, 1.82) is 5.26 Å². The van der Waals surface area contributed by atoms with Gasteiger partial charge in [-0.3, -0.25) is 4.79 Å². The monoisotopic (exact) mass is 554 g/mol. The first-order valence-corrected chi connectivity index (χ1v) is 11.4. The van der Waals surface area contributed by atoms with Gasteiger partial charge < -0.3 is 19.9 Å². The van der Waals surface area contributed by atoms with Gasteiger partial charge in [0.2, 0.25) is 0 Å².